The van der Waals surface area contributed by atoms with Gasteiger partial charge in [0.15, 0.2) is 0 Å². The van der Waals surface area contributed by atoms with Crippen molar-refractivity contribution in [3.8, 4) is 0 Å². The van der Waals surface area contributed by atoms with Gasteiger partial charge in [0.2, 0.25) is 0 Å². The minimum atomic E-state index is 0.0260. The molecule has 1 fully saturated rings. The Hall–Kier alpha value is -2.34. The molecule has 29 heavy (non-hydrogen) atoms. The standard InChI is InChI=1S/C23H33N5O/c1-19-17-22-27(14-6-15-28(22)25-19)18-20-7-9-21(10-8-20)23(29)24-11-16-26-12-4-2-3-5-13-26/h7-10,17H,2-6,11-16,18H2,1H3,(H,24,29). The predicted molar refractivity (Wildman–Crippen MR) is 116 cm³/mol. The highest BCUT2D eigenvalue weighted by atomic mass is 16.1. The number of nitrogens with zero attached hydrogens (tertiary/aromatic N) is 4. The van der Waals surface area contributed by atoms with Gasteiger partial charge in [-0.05, 0) is 57.0 Å². The van der Waals surface area contributed by atoms with E-state index >= 15 is 0 Å². The Morgan fingerprint density at radius 1 is 1.00 bits per heavy atom. The van der Waals surface area contributed by atoms with Crippen LogP contribution in [0.25, 0.3) is 0 Å². The van der Waals surface area contributed by atoms with E-state index in [1.165, 1.54) is 50.2 Å². The molecular formula is C23H33N5O. The lowest BCUT2D eigenvalue weighted by Crippen LogP contribution is -2.35. The number of rotatable bonds is 6. The maximum atomic E-state index is 12.5. The summed E-state index contributed by atoms with van der Waals surface area (Å²) >= 11 is 0. The van der Waals surface area contributed by atoms with E-state index in [4.69, 9.17) is 0 Å². The highest BCUT2D eigenvalue weighted by molar-refractivity contribution is 5.94. The van der Waals surface area contributed by atoms with E-state index in [0.29, 0.717) is 0 Å². The first kappa shape index (κ1) is 20.0. The Bertz CT molecular complexity index is 805. The number of benzene rings is 1. The molecular weight excluding hydrogens is 362 g/mol. The fraction of sp³-hybridized carbons (Fsp3) is 0.565. The summed E-state index contributed by atoms with van der Waals surface area (Å²) in [6.45, 7) is 8.94. The third-order valence-electron chi connectivity index (χ3n) is 6.00. The topological polar surface area (TPSA) is 53.4 Å². The lowest BCUT2D eigenvalue weighted by molar-refractivity contribution is 0.0948. The van der Waals surface area contributed by atoms with Crippen molar-refractivity contribution >= 4 is 11.7 Å². The van der Waals surface area contributed by atoms with Crippen LogP contribution >= 0.6 is 0 Å². The fourth-order valence-corrected chi connectivity index (χ4v) is 4.41. The molecule has 3 heterocycles. The monoisotopic (exact) mass is 395 g/mol. The maximum Gasteiger partial charge on any atom is 0.251 e. The van der Waals surface area contributed by atoms with Gasteiger partial charge < -0.3 is 15.1 Å². The molecule has 0 aliphatic carbocycles. The molecule has 4 rings (SSSR count). The highest BCUT2D eigenvalue weighted by Crippen LogP contribution is 2.23. The number of likely N-dealkylation sites (tertiary alicyclic amines) is 1. The van der Waals surface area contributed by atoms with E-state index in [9.17, 15) is 4.79 Å². The van der Waals surface area contributed by atoms with Gasteiger partial charge in [-0.15, -0.1) is 0 Å². The molecule has 0 spiro atoms. The van der Waals surface area contributed by atoms with Gasteiger partial charge >= 0.3 is 0 Å². The van der Waals surface area contributed by atoms with Crippen molar-refractivity contribution in [1.82, 2.24) is 20.0 Å². The third-order valence-corrected chi connectivity index (χ3v) is 6.00. The first-order valence-corrected chi connectivity index (χ1v) is 11.1. The minimum absolute atomic E-state index is 0.0260. The molecule has 6 nitrogen and oxygen atoms in total. The van der Waals surface area contributed by atoms with Crippen molar-refractivity contribution in [3.05, 3.63) is 47.2 Å². The predicted octanol–water partition coefficient (Wildman–Crippen LogP) is 3.21. The van der Waals surface area contributed by atoms with Crippen LogP contribution < -0.4 is 10.2 Å². The Kier molecular flexibility index (Phi) is 6.49. The summed E-state index contributed by atoms with van der Waals surface area (Å²) in [5.41, 5.74) is 3.03. The summed E-state index contributed by atoms with van der Waals surface area (Å²) in [7, 11) is 0. The molecule has 2 aromatic rings. The van der Waals surface area contributed by atoms with Crippen molar-refractivity contribution in [3.63, 3.8) is 0 Å². The van der Waals surface area contributed by atoms with Crippen molar-refractivity contribution in [2.24, 2.45) is 0 Å². The van der Waals surface area contributed by atoms with Crippen LogP contribution in [0.1, 0.15) is 53.7 Å². The number of anilines is 1. The second-order valence-corrected chi connectivity index (χ2v) is 8.35. The van der Waals surface area contributed by atoms with Crippen LogP contribution in [0, 0.1) is 6.92 Å². The molecule has 2 aliphatic heterocycles. The van der Waals surface area contributed by atoms with Crippen LogP contribution in [0.15, 0.2) is 30.3 Å². The molecule has 1 saturated heterocycles. The molecule has 0 bridgehead atoms. The molecule has 0 radical (unpaired) electrons. The van der Waals surface area contributed by atoms with Gasteiger partial charge in [0.25, 0.3) is 5.91 Å². The van der Waals surface area contributed by atoms with E-state index in [-0.39, 0.29) is 5.91 Å². The quantitative estimate of drug-likeness (QED) is 0.816. The minimum Gasteiger partial charge on any atom is -0.352 e. The number of aryl methyl sites for hydroxylation is 2. The lowest BCUT2D eigenvalue weighted by atomic mass is 10.1. The van der Waals surface area contributed by atoms with Gasteiger partial charge in [0.05, 0.1) is 5.69 Å². The Morgan fingerprint density at radius 3 is 2.52 bits per heavy atom. The normalized spacial score (nSPS) is 17.6. The van der Waals surface area contributed by atoms with Gasteiger partial charge in [-0.1, -0.05) is 25.0 Å². The summed E-state index contributed by atoms with van der Waals surface area (Å²) in [6.07, 6.45) is 6.37. The Labute approximate surface area is 173 Å². The van der Waals surface area contributed by atoms with Gasteiger partial charge in [0.1, 0.15) is 5.82 Å². The average molecular weight is 396 g/mol. The van der Waals surface area contributed by atoms with Crippen LogP contribution in [-0.4, -0.2) is 53.3 Å². The summed E-state index contributed by atoms with van der Waals surface area (Å²) < 4.78 is 2.10. The Morgan fingerprint density at radius 2 is 1.76 bits per heavy atom. The number of aromatic nitrogens is 2. The summed E-state index contributed by atoms with van der Waals surface area (Å²) in [4.78, 5) is 17.3. The molecule has 0 saturated carbocycles. The highest BCUT2D eigenvalue weighted by Gasteiger charge is 2.18. The average Bonchev–Trinajstić information content (AvgIpc) is 2.93. The second-order valence-electron chi connectivity index (χ2n) is 8.35. The van der Waals surface area contributed by atoms with Crippen LogP contribution in [0.2, 0.25) is 0 Å². The van der Waals surface area contributed by atoms with Crippen LogP contribution in [0.3, 0.4) is 0 Å². The smallest absolute Gasteiger partial charge is 0.251 e. The number of amides is 1. The molecule has 2 aliphatic rings. The number of carbonyl (C=O) groups is 1. The third kappa shape index (κ3) is 5.18. The van der Waals surface area contributed by atoms with Crippen LogP contribution in [0.5, 0.6) is 0 Å². The van der Waals surface area contributed by atoms with Gasteiger partial charge in [-0.2, -0.15) is 5.10 Å². The first-order chi connectivity index (χ1) is 14.2. The number of hydrogen-bond donors (Lipinski definition) is 1. The van der Waals surface area contributed by atoms with Crippen molar-refractivity contribution < 1.29 is 4.79 Å². The zero-order valence-electron chi connectivity index (χ0n) is 17.6. The largest absolute Gasteiger partial charge is 0.352 e. The molecule has 1 aromatic carbocycles. The molecule has 0 atom stereocenters. The molecule has 1 aromatic heterocycles. The zero-order chi connectivity index (χ0) is 20.1. The summed E-state index contributed by atoms with van der Waals surface area (Å²) in [5, 5.41) is 7.65. The van der Waals surface area contributed by atoms with E-state index < -0.39 is 0 Å². The lowest BCUT2D eigenvalue weighted by Gasteiger charge is -2.29. The molecule has 0 unspecified atom stereocenters. The first-order valence-electron chi connectivity index (χ1n) is 11.1. The van der Waals surface area contributed by atoms with Gasteiger partial charge in [-0.25, -0.2) is 4.68 Å². The second kappa shape index (κ2) is 9.44. The fourth-order valence-electron chi connectivity index (χ4n) is 4.41. The van der Waals surface area contributed by atoms with Crippen molar-refractivity contribution in [1.29, 1.82) is 0 Å². The van der Waals surface area contributed by atoms with Crippen LogP contribution in [-0.2, 0) is 13.1 Å². The van der Waals surface area contributed by atoms with Crippen molar-refractivity contribution in [2.45, 2.75) is 52.1 Å². The van der Waals surface area contributed by atoms with E-state index in [2.05, 4.69) is 43.1 Å². The van der Waals surface area contributed by atoms with Gasteiger partial charge in [-0.3, -0.25) is 4.79 Å². The summed E-state index contributed by atoms with van der Waals surface area (Å²) in [5.74, 6) is 1.22. The van der Waals surface area contributed by atoms with Gasteiger partial charge in [0, 0.05) is 44.4 Å². The molecule has 6 heteroatoms. The zero-order valence-corrected chi connectivity index (χ0v) is 17.6. The van der Waals surface area contributed by atoms with E-state index in [0.717, 1.165) is 50.4 Å². The maximum absolute atomic E-state index is 12.5. The van der Waals surface area contributed by atoms with Crippen LogP contribution in [0.4, 0.5) is 5.82 Å². The number of hydrogen-bond acceptors (Lipinski definition) is 4. The summed E-state index contributed by atoms with van der Waals surface area (Å²) in [6, 6.07) is 10.2. The molecule has 1 N–H and O–H groups in total. The number of fused-ring (bicyclic) bond motifs is 1. The van der Waals surface area contributed by atoms with E-state index in [1.807, 2.05) is 19.1 Å². The number of carbonyl (C=O) groups excluding carboxylic acids is 1. The molecule has 1 amide bonds. The van der Waals surface area contributed by atoms with E-state index in [1.54, 1.807) is 0 Å². The SMILES string of the molecule is Cc1cc2n(n1)CCCN2Cc1ccc(C(=O)NCCN2CCCCCC2)cc1. The number of nitrogens with one attached hydrogen (secondary N) is 1. The van der Waals surface area contributed by atoms with Crippen molar-refractivity contribution in [2.75, 3.05) is 37.6 Å². The Balaban J connectivity index is 1.28. The molecule has 156 valence electrons.